The van der Waals surface area contributed by atoms with Gasteiger partial charge in [-0.3, -0.25) is 9.69 Å². The Hall–Kier alpha value is -3.83. The summed E-state index contributed by atoms with van der Waals surface area (Å²) in [7, 11) is 1.62. The number of benzene rings is 1. The second-order valence-corrected chi connectivity index (χ2v) is 10.4. The van der Waals surface area contributed by atoms with E-state index in [1.54, 1.807) is 18.0 Å². The Morgan fingerprint density at radius 1 is 1.21 bits per heavy atom. The number of hydrogen-bond donors (Lipinski definition) is 1. The van der Waals surface area contributed by atoms with Crippen LogP contribution in [0.3, 0.4) is 0 Å². The second kappa shape index (κ2) is 10.7. The van der Waals surface area contributed by atoms with Gasteiger partial charge in [-0.2, -0.15) is 5.10 Å². The predicted octanol–water partition coefficient (Wildman–Crippen LogP) is 2.76. The Labute approximate surface area is 227 Å². The molecule has 0 aliphatic carbocycles. The minimum absolute atomic E-state index is 0.000230. The van der Waals surface area contributed by atoms with E-state index in [9.17, 15) is 4.79 Å². The van der Waals surface area contributed by atoms with Gasteiger partial charge in [0.05, 0.1) is 36.7 Å². The molecule has 39 heavy (non-hydrogen) atoms. The molecule has 1 amide bonds. The van der Waals surface area contributed by atoms with Crippen LogP contribution in [-0.4, -0.2) is 91.9 Å². The summed E-state index contributed by atoms with van der Waals surface area (Å²) in [5.41, 5.74) is 2.50. The summed E-state index contributed by atoms with van der Waals surface area (Å²) in [5, 5.41) is 5.42. The van der Waals surface area contributed by atoms with Gasteiger partial charge in [-0.15, -0.1) is 0 Å². The van der Waals surface area contributed by atoms with Crippen LogP contribution in [0.4, 0.5) is 0 Å². The summed E-state index contributed by atoms with van der Waals surface area (Å²) < 4.78 is 12.9. The number of hydrogen-bond acceptors (Lipinski definition) is 8. The van der Waals surface area contributed by atoms with E-state index in [4.69, 9.17) is 19.4 Å². The number of aromatic amines is 1. The van der Waals surface area contributed by atoms with Crippen molar-refractivity contribution >= 4 is 16.8 Å². The molecule has 2 aliphatic rings. The molecular formula is C28H34N8O3. The molecule has 5 heterocycles. The van der Waals surface area contributed by atoms with Gasteiger partial charge in [0.1, 0.15) is 30.1 Å². The average Bonchev–Trinajstić information content (AvgIpc) is 3.70. The number of carbonyl (C=O) groups is 1. The maximum atomic E-state index is 13.6. The fourth-order valence-electron chi connectivity index (χ4n) is 5.65. The number of aryl methyl sites for hydroxylation is 2. The van der Waals surface area contributed by atoms with E-state index in [1.165, 1.54) is 0 Å². The van der Waals surface area contributed by atoms with Crippen molar-refractivity contribution in [1.29, 1.82) is 0 Å². The number of para-hydroxylation sites is 1. The largest absolute Gasteiger partial charge is 0.480 e. The van der Waals surface area contributed by atoms with Crippen LogP contribution in [0.2, 0.25) is 0 Å². The molecule has 2 unspecified atom stereocenters. The van der Waals surface area contributed by atoms with E-state index in [-0.39, 0.29) is 18.5 Å². The number of rotatable bonds is 7. The average molecular weight is 531 g/mol. The molecule has 4 aromatic rings. The Morgan fingerprint density at radius 3 is 2.85 bits per heavy atom. The van der Waals surface area contributed by atoms with Gasteiger partial charge < -0.3 is 19.4 Å². The first-order chi connectivity index (χ1) is 19.0. The number of fused-ring (bicyclic) bond motifs is 1. The number of carbonyl (C=O) groups excluding carboxylic acids is 1. The second-order valence-electron chi connectivity index (χ2n) is 10.4. The van der Waals surface area contributed by atoms with Crippen molar-refractivity contribution in [2.45, 2.75) is 32.9 Å². The summed E-state index contributed by atoms with van der Waals surface area (Å²) >= 11 is 0. The highest BCUT2D eigenvalue weighted by molar-refractivity contribution is 5.85. The molecule has 0 spiro atoms. The van der Waals surface area contributed by atoms with Crippen LogP contribution in [0, 0.1) is 19.8 Å². The van der Waals surface area contributed by atoms with Gasteiger partial charge >= 0.3 is 0 Å². The number of imidazole rings is 1. The Bertz CT molecular complexity index is 1470. The number of H-pyrrole nitrogens is 1. The van der Waals surface area contributed by atoms with Gasteiger partial charge in [0.25, 0.3) is 0 Å². The zero-order valence-electron chi connectivity index (χ0n) is 22.6. The van der Waals surface area contributed by atoms with E-state index in [0.717, 1.165) is 66.5 Å². The van der Waals surface area contributed by atoms with Gasteiger partial charge in [0.2, 0.25) is 11.8 Å². The third kappa shape index (κ3) is 5.24. The molecular weight excluding hydrogens is 496 g/mol. The molecule has 6 rings (SSSR count). The number of pyridine rings is 1. The van der Waals surface area contributed by atoms with Crippen LogP contribution >= 0.6 is 0 Å². The van der Waals surface area contributed by atoms with Crippen LogP contribution < -0.4 is 4.74 Å². The summed E-state index contributed by atoms with van der Waals surface area (Å²) in [6.07, 6.45) is 2.88. The Kier molecular flexibility index (Phi) is 7.01. The van der Waals surface area contributed by atoms with E-state index in [1.807, 2.05) is 43.0 Å². The van der Waals surface area contributed by atoms with Crippen molar-refractivity contribution < 1.29 is 14.3 Å². The lowest BCUT2D eigenvalue weighted by Gasteiger charge is -2.41. The zero-order valence-corrected chi connectivity index (χ0v) is 22.6. The lowest BCUT2D eigenvalue weighted by molar-refractivity contribution is -0.137. The SMILES string of the molecule is COc1nc2ccccc2cc1-c1cnc(C2CN(CC3CCOC3)CCN2C(=O)Cn2nc(C)nc2C)[nH]1. The molecule has 11 heteroatoms. The monoisotopic (exact) mass is 530 g/mol. The zero-order chi connectivity index (χ0) is 26.9. The summed E-state index contributed by atoms with van der Waals surface area (Å²) in [4.78, 5) is 35.3. The van der Waals surface area contributed by atoms with Gasteiger partial charge in [-0.25, -0.2) is 19.6 Å². The number of ether oxygens (including phenoxy) is 2. The fraction of sp³-hybridized carbons (Fsp3) is 0.464. The van der Waals surface area contributed by atoms with Crippen molar-refractivity contribution in [3.05, 3.63) is 54.0 Å². The molecule has 11 nitrogen and oxygen atoms in total. The van der Waals surface area contributed by atoms with E-state index in [0.29, 0.717) is 30.7 Å². The highest BCUT2D eigenvalue weighted by Crippen LogP contribution is 2.33. The highest BCUT2D eigenvalue weighted by Gasteiger charge is 2.35. The normalized spacial score (nSPS) is 20.1. The number of nitrogens with zero attached hydrogens (tertiary/aromatic N) is 7. The van der Waals surface area contributed by atoms with E-state index < -0.39 is 0 Å². The predicted molar refractivity (Wildman–Crippen MR) is 145 cm³/mol. The minimum atomic E-state index is -0.230. The number of nitrogens with one attached hydrogen (secondary N) is 1. The van der Waals surface area contributed by atoms with Crippen molar-refractivity contribution in [3.63, 3.8) is 0 Å². The van der Waals surface area contributed by atoms with Crippen LogP contribution in [0.25, 0.3) is 22.2 Å². The summed E-state index contributed by atoms with van der Waals surface area (Å²) in [5.74, 6) is 3.18. The highest BCUT2D eigenvalue weighted by atomic mass is 16.5. The standard InChI is InChI=1S/C28H34N8O3/c1-18-30-19(2)36(33-18)16-26(37)35-10-9-34(14-20-8-11-39-17-20)15-25(35)27-29-13-24(31-27)22-12-21-6-4-5-7-23(21)32-28(22)38-3/h4-7,12-13,20,25H,8-11,14-17H2,1-3H3,(H,29,31). The molecule has 0 saturated carbocycles. The molecule has 2 saturated heterocycles. The first-order valence-corrected chi connectivity index (χ1v) is 13.4. The van der Waals surface area contributed by atoms with Crippen molar-refractivity contribution in [3.8, 4) is 17.1 Å². The fourth-order valence-corrected chi connectivity index (χ4v) is 5.65. The first-order valence-electron chi connectivity index (χ1n) is 13.4. The van der Waals surface area contributed by atoms with Gasteiger partial charge in [0, 0.05) is 38.2 Å². The summed E-state index contributed by atoms with van der Waals surface area (Å²) in [6.45, 7) is 8.55. The van der Waals surface area contributed by atoms with Crippen LogP contribution in [0.15, 0.2) is 36.5 Å². The minimum Gasteiger partial charge on any atom is -0.480 e. The van der Waals surface area contributed by atoms with Crippen LogP contribution in [-0.2, 0) is 16.1 Å². The molecule has 1 N–H and O–H groups in total. The van der Waals surface area contributed by atoms with Crippen LogP contribution in [0.5, 0.6) is 5.88 Å². The van der Waals surface area contributed by atoms with Crippen molar-refractivity contribution in [2.24, 2.45) is 5.92 Å². The molecule has 2 aliphatic heterocycles. The molecule has 2 fully saturated rings. The van der Waals surface area contributed by atoms with Gasteiger partial charge in [0.15, 0.2) is 0 Å². The molecule has 3 aromatic heterocycles. The molecule has 204 valence electrons. The van der Waals surface area contributed by atoms with E-state index >= 15 is 0 Å². The lowest BCUT2D eigenvalue weighted by atomic mass is 10.1. The number of aromatic nitrogens is 6. The smallest absolute Gasteiger partial charge is 0.245 e. The Morgan fingerprint density at radius 2 is 2.08 bits per heavy atom. The van der Waals surface area contributed by atoms with E-state index in [2.05, 4.69) is 26.0 Å². The number of piperazine rings is 1. The third-order valence-corrected chi connectivity index (χ3v) is 7.66. The Balaban J connectivity index is 1.30. The third-order valence-electron chi connectivity index (χ3n) is 7.66. The first kappa shape index (κ1) is 25.4. The molecule has 1 aromatic carbocycles. The topological polar surface area (TPSA) is 114 Å². The summed E-state index contributed by atoms with van der Waals surface area (Å²) in [6, 6.07) is 9.78. The number of methoxy groups -OCH3 is 1. The lowest BCUT2D eigenvalue weighted by Crippen LogP contribution is -2.52. The maximum absolute atomic E-state index is 13.6. The molecule has 0 radical (unpaired) electrons. The van der Waals surface area contributed by atoms with Crippen LogP contribution in [0.1, 0.15) is 29.9 Å². The number of amides is 1. The quantitative estimate of drug-likeness (QED) is 0.388. The maximum Gasteiger partial charge on any atom is 0.245 e. The van der Waals surface area contributed by atoms with Gasteiger partial charge in [-0.1, -0.05) is 18.2 Å². The molecule has 0 bridgehead atoms. The molecule has 2 atom stereocenters. The van der Waals surface area contributed by atoms with Crippen molar-refractivity contribution in [1.82, 2.24) is 39.5 Å². The van der Waals surface area contributed by atoms with Crippen molar-refractivity contribution in [2.75, 3.05) is 46.5 Å². The van der Waals surface area contributed by atoms with Gasteiger partial charge in [-0.05, 0) is 38.3 Å².